The number of aromatic nitrogens is 1. The molecule has 0 atom stereocenters. The first-order valence-electron chi connectivity index (χ1n) is 2.85. The second kappa shape index (κ2) is 2.82. The first-order valence-corrected chi connectivity index (χ1v) is 3.23. The number of alkyl halides is 3. The maximum absolute atomic E-state index is 11.9. The van der Waals surface area contributed by atoms with Gasteiger partial charge in [0.05, 0.1) is 10.6 Å². The number of pyridine rings is 1. The molecule has 1 radical (unpaired) electrons. The molecule has 0 aliphatic carbocycles. The Morgan fingerprint density at radius 2 is 2.00 bits per heavy atom. The van der Waals surface area contributed by atoms with Crippen LogP contribution in [-0.4, -0.2) is 4.98 Å². The van der Waals surface area contributed by atoms with E-state index >= 15 is 0 Å². The highest BCUT2D eigenvalue weighted by atomic mass is 35.5. The van der Waals surface area contributed by atoms with E-state index in [4.69, 9.17) is 17.3 Å². The highest BCUT2D eigenvalue weighted by Crippen LogP contribution is 2.31. The number of hydrogen-bond donors (Lipinski definition) is 0. The third-order valence-electron chi connectivity index (χ3n) is 1.17. The smallest absolute Gasteiger partial charge is 0.282 e. The van der Waals surface area contributed by atoms with Gasteiger partial charge >= 0.3 is 6.18 Å². The molecule has 2 nitrogen and oxygen atoms in total. The molecule has 1 rings (SSSR count). The van der Waals surface area contributed by atoms with Crippen molar-refractivity contribution >= 4 is 17.4 Å². The van der Waals surface area contributed by atoms with Crippen molar-refractivity contribution < 1.29 is 13.2 Å². The van der Waals surface area contributed by atoms with Gasteiger partial charge in [-0.25, -0.2) is 4.98 Å². The summed E-state index contributed by atoms with van der Waals surface area (Å²) in [5, 5.41) is -0.301. The van der Waals surface area contributed by atoms with Gasteiger partial charge in [-0.1, -0.05) is 11.6 Å². The van der Waals surface area contributed by atoms with Crippen molar-refractivity contribution in [3.63, 3.8) is 0 Å². The van der Waals surface area contributed by atoms with Gasteiger partial charge in [0.15, 0.2) is 5.82 Å². The van der Waals surface area contributed by atoms with Gasteiger partial charge < -0.3 is 0 Å². The summed E-state index contributed by atoms with van der Waals surface area (Å²) in [5.74, 6) is -0.357. The first-order chi connectivity index (χ1) is 5.41. The highest BCUT2D eigenvalue weighted by Gasteiger charge is 2.31. The molecule has 65 valence electrons. The van der Waals surface area contributed by atoms with Crippen LogP contribution in [0, 0.1) is 0 Å². The zero-order chi connectivity index (χ0) is 9.35. The fraction of sp³-hybridized carbons (Fsp3) is 0.167. The van der Waals surface area contributed by atoms with Gasteiger partial charge in [-0.2, -0.15) is 13.2 Å². The van der Waals surface area contributed by atoms with E-state index in [1.54, 1.807) is 0 Å². The van der Waals surface area contributed by atoms with Crippen LogP contribution in [0.25, 0.3) is 0 Å². The molecule has 0 spiro atoms. The molecule has 0 bridgehead atoms. The Morgan fingerprint density at radius 3 is 2.42 bits per heavy atom. The van der Waals surface area contributed by atoms with E-state index in [2.05, 4.69) is 4.98 Å². The molecule has 1 aromatic heterocycles. The Bertz CT molecular complexity index is 297. The lowest BCUT2D eigenvalue weighted by Gasteiger charge is -2.05. The number of rotatable bonds is 0. The molecule has 0 saturated carbocycles. The van der Waals surface area contributed by atoms with Gasteiger partial charge in [-0.15, -0.1) is 0 Å². The third kappa shape index (κ3) is 1.79. The van der Waals surface area contributed by atoms with Crippen LogP contribution in [0.1, 0.15) is 5.56 Å². The summed E-state index contributed by atoms with van der Waals surface area (Å²) in [6.07, 6.45) is -3.88. The van der Waals surface area contributed by atoms with E-state index in [0.717, 1.165) is 0 Å². The maximum atomic E-state index is 11.9. The molecule has 0 fully saturated rings. The van der Waals surface area contributed by atoms with Crippen LogP contribution in [0.5, 0.6) is 0 Å². The average Bonchev–Trinajstić information content (AvgIpc) is 1.92. The minimum absolute atomic E-state index is 0.301. The van der Waals surface area contributed by atoms with Crippen molar-refractivity contribution in [2.45, 2.75) is 6.18 Å². The van der Waals surface area contributed by atoms with Crippen molar-refractivity contribution in [3.8, 4) is 0 Å². The standard InChI is InChI=1S/C6H3ClF3N2/c7-4-1-3(6(8,9)10)2-12-5(4)11/h1-2,11H. The van der Waals surface area contributed by atoms with Gasteiger partial charge in [-0.05, 0) is 6.07 Å². The van der Waals surface area contributed by atoms with Crippen LogP contribution in [0.4, 0.5) is 19.0 Å². The van der Waals surface area contributed by atoms with Gasteiger partial charge in [0.25, 0.3) is 0 Å². The Hall–Kier alpha value is -0.970. The first kappa shape index (κ1) is 9.12. The van der Waals surface area contributed by atoms with Gasteiger partial charge in [-0.3, -0.25) is 5.73 Å². The van der Waals surface area contributed by atoms with Crippen LogP contribution in [0.2, 0.25) is 5.02 Å². The van der Waals surface area contributed by atoms with Crippen LogP contribution in [0.15, 0.2) is 12.3 Å². The van der Waals surface area contributed by atoms with E-state index in [9.17, 15) is 13.2 Å². The molecule has 0 aromatic carbocycles. The van der Waals surface area contributed by atoms with Crippen LogP contribution < -0.4 is 5.73 Å². The zero-order valence-electron chi connectivity index (χ0n) is 5.61. The fourth-order valence-electron chi connectivity index (χ4n) is 0.593. The third-order valence-corrected chi connectivity index (χ3v) is 1.46. The normalized spacial score (nSPS) is 11.7. The Balaban J connectivity index is 3.14. The largest absolute Gasteiger partial charge is 0.417 e. The summed E-state index contributed by atoms with van der Waals surface area (Å²) in [6, 6.07) is 0.677. The van der Waals surface area contributed by atoms with Crippen LogP contribution in [0.3, 0.4) is 0 Å². The summed E-state index contributed by atoms with van der Waals surface area (Å²) >= 11 is 5.27. The number of nitrogens with zero attached hydrogens (tertiary/aromatic N) is 1. The summed E-state index contributed by atoms with van der Waals surface area (Å²) < 4.78 is 35.8. The number of hydrogen-bond acceptors (Lipinski definition) is 1. The van der Waals surface area contributed by atoms with E-state index in [1.807, 2.05) is 0 Å². The quantitative estimate of drug-likeness (QED) is 0.627. The summed E-state index contributed by atoms with van der Waals surface area (Å²) in [4.78, 5) is 3.16. The summed E-state index contributed by atoms with van der Waals surface area (Å²) in [6.45, 7) is 0. The van der Waals surface area contributed by atoms with Crippen LogP contribution >= 0.6 is 11.6 Å². The molecule has 0 unspecified atom stereocenters. The molecule has 1 aromatic rings. The molecular formula is C6H3ClF3N2. The fourth-order valence-corrected chi connectivity index (χ4v) is 0.759. The van der Waals surface area contributed by atoms with Gasteiger partial charge in [0.1, 0.15) is 0 Å². The summed E-state index contributed by atoms with van der Waals surface area (Å²) in [7, 11) is 0. The van der Waals surface area contributed by atoms with E-state index in [-0.39, 0.29) is 10.8 Å². The highest BCUT2D eigenvalue weighted by molar-refractivity contribution is 6.32. The molecule has 12 heavy (non-hydrogen) atoms. The number of halogens is 4. The zero-order valence-corrected chi connectivity index (χ0v) is 6.37. The second-order valence-electron chi connectivity index (χ2n) is 2.05. The van der Waals surface area contributed by atoms with E-state index in [1.165, 1.54) is 0 Å². The lowest BCUT2D eigenvalue weighted by molar-refractivity contribution is -0.137. The minimum Gasteiger partial charge on any atom is -0.282 e. The lowest BCUT2D eigenvalue weighted by Crippen LogP contribution is -2.05. The monoisotopic (exact) mass is 195 g/mol. The van der Waals surface area contributed by atoms with Crippen LogP contribution in [-0.2, 0) is 6.18 Å². The molecule has 6 heteroatoms. The molecule has 0 aliphatic heterocycles. The SMILES string of the molecule is [NH]c1ncc(C(F)(F)F)cc1Cl. The lowest BCUT2D eigenvalue weighted by atomic mass is 10.3. The van der Waals surface area contributed by atoms with E-state index in [0.29, 0.717) is 12.3 Å². The Kier molecular flexibility index (Phi) is 2.14. The molecular weight excluding hydrogens is 193 g/mol. The van der Waals surface area contributed by atoms with E-state index < -0.39 is 11.7 Å². The number of nitrogens with one attached hydrogen (secondary N) is 1. The van der Waals surface area contributed by atoms with Gasteiger partial charge in [0.2, 0.25) is 0 Å². The predicted octanol–water partition coefficient (Wildman–Crippen LogP) is 2.67. The van der Waals surface area contributed by atoms with Crippen molar-refractivity contribution in [1.29, 1.82) is 0 Å². The minimum atomic E-state index is -4.45. The average molecular weight is 196 g/mol. The topological polar surface area (TPSA) is 36.7 Å². The van der Waals surface area contributed by atoms with Gasteiger partial charge in [0, 0.05) is 6.20 Å². The predicted molar refractivity (Wildman–Crippen MR) is 37.0 cm³/mol. The molecule has 0 aliphatic rings. The molecule has 1 N–H and O–H groups in total. The maximum Gasteiger partial charge on any atom is 0.417 e. The Morgan fingerprint density at radius 1 is 1.42 bits per heavy atom. The van der Waals surface area contributed by atoms with Crippen molar-refractivity contribution in [2.24, 2.45) is 0 Å². The summed E-state index contributed by atoms with van der Waals surface area (Å²) in [5.41, 5.74) is 5.97. The van der Waals surface area contributed by atoms with Crippen molar-refractivity contribution in [3.05, 3.63) is 22.8 Å². The van der Waals surface area contributed by atoms with Crippen molar-refractivity contribution in [2.75, 3.05) is 0 Å². The van der Waals surface area contributed by atoms with Crippen molar-refractivity contribution in [1.82, 2.24) is 10.7 Å². The molecule has 0 saturated heterocycles. The molecule has 1 heterocycles. The second-order valence-corrected chi connectivity index (χ2v) is 2.46. The Labute approximate surface area is 71.2 Å². The molecule has 0 amide bonds.